The molecule has 4 nitrogen and oxygen atoms in total. The number of carboxylic acids is 1. The second-order valence-electron chi connectivity index (χ2n) is 4.44. The van der Waals surface area contributed by atoms with Gasteiger partial charge in [0.15, 0.2) is 5.58 Å². The number of carbonyl (C=O) groups is 1. The zero-order valence-corrected chi connectivity index (χ0v) is 11.9. The van der Waals surface area contributed by atoms with E-state index in [4.69, 9.17) is 9.63 Å². The number of benzene rings is 2. The summed E-state index contributed by atoms with van der Waals surface area (Å²) in [4.78, 5) is 10.8. The first-order chi connectivity index (χ1) is 9.63. The van der Waals surface area contributed by atoms with Crippen LogP contribution in [-0.4, -0.2) is 16.2 Å². The van der Waals surface area contributed by atoms with Crippen molar-refractivity contribution in [2.75, 3.05) is 0 Å². The minimum Gasteiger partial charge on any atom is -0.481 e. The molecule has 0 unspecified atom stereocenters. The summed E-state index contributed by atoms with van der Waals surface area (Å²) in [5.41, 5.74) is 3.03. The number of hydrogen-bond acceptors (Lipinski definition) is 3. The Balaban J connectivity index is 2.11. The number of aromatic nitrogens is 1. The normalized spacial score (nSPS) is 10.8. The Labute approximate surface area is 123 Å². The van der Waals surface area contributed by atoms with E-state index < -0.39 is 5.97 Å². The zero-order valence-electron chi connectivity index (χ0n) is 10.3. The molecule has 0 radical (unpaired) electrons. The number of carboxylic acid groups (broad SMARTS) is 1. The minimum absolute atomic E-state index is 0.0130. The fourth-order valence-electron chi connectivity index (χ4n) is 2.09. The molecule has 1 heterocycles. The summed E-state index contributed by atoms with van der Waals surface area (Å²) >= 11 is 3.39. The van der Waals surface area contributed by atoms with Crippen LogP contribution in [0.4, 0.5) is 0 Å². The predicted molar refractivity (Wildman–Crippen MR) is 78.5 cm³/mol. The molecule has 0 atom stereocenters. The number of aliphatic carboxylic acids is 1. The van der Waals surface area contributed by atoms with E-state index in [0.717, 1.165) is 26.7 Å². The fraction of sp³-hybridized carbons (Fsp3) is 0.0667. The Morgan fingerprint density at radius 1 is 1.20 bits per heavy atom. The molecule has 0 bridgehead atoms. The topological polar surface area (TPSA) is 63.3 Å². The highest BCUT2D eigenvalue weighted by molar-refractivity contribution is 9.10. The second-order valence-corrected chi connectivity index (χ2v) is 5.35. The van der Waals surface area contributed by atoms with Crippen LogP contribution in [0.1, 0.15) is 5.56 Å². The predicted octanol–water partition coefficient (Wildman–Crippen LogP) is 3.88. The monoisotopic (exact) mass is 331 g/mol. The summed E-state index contributed by atoms with van der Waals surface area (Å²) in [5.74, 6) is -0.856. The molecule has 3 rings (SSSR count). The molecule has 5 heteroatoms. The van der Waals surface area contributed by atoms with E-state index in [1.165, 1.54) is 0 Å². The third-order valence-electron chi connectivity index (χ3n) is 3.01. The molecular weight excluding hydrogens is 322 g/mol. The highest BCUT2D eigenvalue weighted by atomic mass is 79.9. The number of nitrogens with zero attached hydrogens (tertiary/aromatic N) is 1. The van der Waals surface area contributed by atoms with Crippen LogP contribution in [0.15, 0.2) is 51.5 Å². The Morgan fingerprint density at radius 3 is 2.65 bits per heavy atom. The van der Waals surface area contributed by atoms with Crippen LogP contribution in [-0.2, 0) is 11.2 Å². The van der Waals surface area contributed by atoms with Crippen LogP contribution in [0, 0.1) is 0 Å². The van der Waals surface area contributed by atoms with Gasteiger partial charge in [-0.25, -0.2) is 0 Å². The lowest BCUT2D eigenvalue weighted by molar-refractivity contribution is -0.136. The third-order valence-corrected chi connectivity index (χ3v) is 3.54. The van der Waals surface area contributed by atoms with Crippen LogP contribution in [0.5, 0.6) is 0 Å². The third kappa shape index (κ3) is 2.44. The average Bonchev–Trinajstić information content (AvgIpc) is 2.82. The van der Waals surface area contributed by atoms with Gasteiger partial charge in [-0.05, 0) is 29.8 Å². The molecule has 0 aliphatic carbocycles. The largest absolute Gasteiger partial charge is 0.481 e. The van der Waals surface area contributed by atoms with Gasteiger partial charge in [-0.2, -0.15) is 0 Å². The fourth-order valence-corrected chi connectivity index (χ4v) is 2.35. The lowest BCUT2D eigenvalue weighted by Crippen LogP contribution is -1.99. The van der Waals surface area contributed by atoms with Gasteiger partial charge in [-0.3, -0.25) is 4.79 Å². The van der Waals surface area contributed by atoms with Gasteiger partial charge >= 0.3 is 5.97 Å². The average molecular weight is 332 g/mol. The first-order valence-corrected chi connectivity index (χ1v) is 6.79. The molecule has 0 saturated carbocycles. The summed E-state index contributed by atoms with van der Waals surface area (Å²) in [5, 5.41) is 13.8. The molecule has 3 aromatic rings. The van der Waals surface area contributed by atoms with Gasteiger partial charge in [0.05, 0.1) is 6.42 Å². The summed E-state index contributed by atoms with van der Waals surface area (Å²) in [6.07, 6.45) is -0.0130. The van der Waals surface area contributed by atoms with Gasteiger partial charge in [0.1, 0.15) is 5.69 Å². The van der Waals surface area contributed by atoms with E-state index in [1.54, 1.807) is 12.1 Å². The maximum atomic E-state index is 10.8. The number of fused-ring (bicyclic) bond motifs is 1. The van der Waals surface area contributed by atoms with E-state index in [1.807, 2.05) is 30.3 Å². The van der Waals surface area contributed by atoms with Gasteiger partial charge < -0.3 is 9.63 Å². The minimum atomic E-state index is -0.856. The highest BCUT2D eigenvalue weighted by Crippen LogP contribution is 2.29. The number of hydrogen-bond donors (Lipinski definition) is 1. The van der Waals surface area contributed by atoms with Crippen molar-refractivity contribution >= 4 is 32.9 Å². The lowest BCUT2D eigenvalue weighted by Gasteiger charge is -1.99. The Kier molecular flexibility index (Phi) is 3.28. The van der Waals surface area contributed by atoms with Crippen molar-refractivity contribution in [1.82, 2.24) is 5.16 Å². The molecule has 0 aliphatic rings. The van der Waals surface area contributed by atoms with Crippen LogP contribution in [0.3, 0.4) is 0 Å². The number of halogens is 1. The van der Waals surface area contributed by atoms with Gasteiger partial charge in [-0.15, -0.1) is 0 Å². The quantitative estimate of drug-likeness (QED) is 0.790. The smallest absolute Gasteiger partial charge is 0.307 e. The molecule has 100 valence electrons. The highest BCUT2D eigenvalue weighted by Gasteiger charge is 2.12. The molecule has 0 spiro atoms. The summed E-state index contributed by atoms with van der Waals surface area (Å²) in [6, 6.07) is 13.0. The summed E-state index contributed by atoms with van der Waals surface area (Å²) < 4.78 is 6.27. The Morgan fingerprint density at radius 2 is 1.95 bits per heavy atom. The molecule has 1 aromatic heterocycles. The van der Waals surface area contributed by atoms with Crippen LogP contribution in [0.2, 0.25) is 0 Å². The van der Waals surface area contributed by atoms with E-state index in [-0.39, 0.29) is 6.42 Å². The van der Waals surface area contributed by atoms with Crippen LogP contribution < -0.4 is 0 Å². The van der Waals surface area contributed by atoms with E-state index in [9.17, 15) is 4.79 Å². The molecule has 0 amide bonds. The van der Waals surface area contributed by atoms with Gasteiger partial charge in [0, 0.05) is 15.4 Å². The molecular formula is C15H10BrNO3. The van der Waals surface area contributed by atoms with Crippen LogP contribution in [0.25, 0.3) is 22.2 Å². The summed E-state index contributed by atoms with van der Waals surface area (Å²) in [7, 11) is 0. The summed E-state index contributed by atoms with van der Waals surface area (Å²) in [6.45, 7) is 0. The molecule has 0 fully saturated rings. The van der Waals surface area contributed by atoms with Crippen molar-refractivity contribution in [1.29, 1.82) is 0 Å². The van der Waals surface area contributed by atoms with E-state index in [2.05, 4.69) is 21.1 Å². The Bertz CT molecular complexity index is 777. The lowest BCUT2D eigenvalue weighted by atomic mass is 10.0. The molecule has 20 heavy (non-hydrogen) atoms. The standard InChI is InChI=1S/C15H10BrNO3/c16-11-4-2-10(3-5-11)15-12-7-9(8-14(18)19)1-6-13(12)20-17-15/h1-7H,8H2,(H,18,19). The molecule has 1 N–H and O–H groups in total. The Hall–Kier alpha value is -2.14. The van der Waals surface area contributed by atoms with Crippen molar-refractivity contribution in [3.8, 4) is 11.3 Å². The maximum Gasteiger partial charge on any atom is 0.307 e. The molecule has 0 aliphatic heterocycles. The van der Waals surface area contributed by atoms with Crippen molar-refractivity contribution in [2.45, 2.75) is 6.42 Å². The van der Waals surface area contributed by atoms with Gasteiger partial charge in [0.25, 0.3) is 0 Å². The van der Waals surface area contributed by atoms with Crippen molar-refractivity contribution in [3.05, 3.63) is 52.5 Å². The molecule has 0 saturated heterocycles. The number of rotatable bonds is 3. The van der Waals surface area contributed by atoms with E-state index in [0.29, 0.717) is 5.58 Å². The van der Waals surface area contributed by atoms with E-state index >= 15 is 0 Å². The van der Waals surface area contributed by atoms with Gasteiger partial charge in [0.2, 0.25) is 0 Å². The van der Waals surface area contributed by atoms with Crippen molar-refractivity contribution in [2.24, 2.45) is 0 Å². The van der Waals surface area contributed by atoms with Crippen molar-refractivity contribution < 1.29 is 14.4 Å². The van der Waals surface area contributed by atoms with Crippen LogP contribution >= 0.6 is 15.9 Å². The SMILES string of the molecule is O=C(O)Cc1ccc2onc(-c3ccc(Br)cc3)c2c1. The molecule has 2 aromatic carbocycles. The van der Waals surface area contributed by atoms with Gasteiger partial charge in [-0.1, -0.05) is 39.3 Å². The second kappa shape index (κ2) is 5.09. The van der Waals surface area contributed by atoms with Crippen molar-refractivity contribution in [3.63, 3.8) is 0 Å². The first kappa shape index (κ1) is 12.9. The maximum absolute atomic E-state index is 10.8. The zero-order chi connectivity index (χ0) is 14.1. The first-order valence-electron chi connectivity index (χ1n) is 5.99.